The molecule has 0 saturated carbocycles. The number of nitrogens with zero attached hydrogens (tertiary/aromatic N) is 6. The van der Waals surface area contributed by atoms with E-state index in [-0.39, 0.29) is 30.2 Å². The molecule has 0 atom stereocenters. The van der Waals surface area contributed by atoms with E-state index in [0.717, 1.165) is 22.3 Å². The van der Waals surface area contributed by atoms with Gasteiger partial charge in [0, 0.05) is 11.8 Å². The summed E-state index contributed by atoms with van der Waals surface area (Å²) < 4.78 is 70.3. The molecular weight excluding hydrogens is 659 g/mol. The Bertz CT molecular complexity index is 2170. The number of hydrogen-bond donors (Lipinski definition) is 3. The molecule has 0 heterocycles. The van der Waals surface area contributed by atoms with Crippen LogP contribution in [-0.4, -0.2) is 38.3 Å². The molecule has 4 aromatic carbocycles. The predicted molar refractivity (Wildman–Crippen MR) is 183 cm³/mol. The summed E-state index contributed by atoms with van der Waals surface area (Å²) in [4.78, 5) is -0.410. The smallest absolute Gasteiger partial charge is 0.296 e. The summed E-state index contributed by atoms with van der Waals surface area (Å²) in [5.74, 6) is -0.320. The van der Waals surface area contributed by atoms with Gasteiger partial charge in [0.25, 0.3) is 20.2 Å². The lowest BCUT2D eigenvalue weighted by molar-refractivity contribution is 0.317. The van der Waals surface area contributed by atoms with Crippen LogP contribution in [-0.2, 0) is 20.2 Å². The van der Waals surface area contributed by atoms with E-state index in [1.54, 1.807) is 19.1 Å². The Morgan fingerprint density at radius 1 is 0.604 bits per heavy atom. The molecule has 0 aliphatic carbocycles. The average molecular weight is 694 g/mol. The maximum atomic E-state index is 11.8. The molecular formula is C32H35N7O7S2. The van der Waals surface area contributed by atoms with Crippen LogP contribution in [0.3, 0.4) is 0 Å². The molecule has 4 aromatic rings. The maximum Gasteiger partial charge on any atom is 0.296 e. The number of nitrogen functional groups attached to an aromatic ring is 1. The van der Waals surface area contributed by atoms with E-state index < -0.39 is 30.9 Å². The second kappa shape index (κ2) is 14.9. The Balaban J connectivity index is 1.66. The van der Waals surface area contributed by atoms with E-state index in [4.69, 9.17) is 15.0 Å². The molecule has 0 unspecified atom stereocenters. The molecule has 0 bridgehead atoms. The summed E-state index contributed by atoms with van der Waals surface area (Å²) in [6.07, 6.45) is -0.00828. The minimum absolute atomic E-state index is 0.00828. The van der Waals surface area contributed by atoms with Crippen molar-refractivity contribution in [2.75, 3.05) is 18.1 Å². The summed E-state index contributed by atoms with van der Waals surface area (Å²) in [7, 11) is -8.73. The molecule has 0 saturated heterocycles. The number of rotatable bonds is 12. The van der Waals surface area contributed by atoms with E-state index in [1.165, 1.54) is 24.3 Å². The fourth-order valence-electron chi connectivity index (χ4n) is 4.40. The standard InChI is InChI=1S/C32H35N7O7S2/c1-19-14-26(20(2)13-24(19)33)35-36-27-15-22(4)28(16-21(27)3)37-39-30-17-23(5)29(18-31(30)46-11-8-12-47(40,41)42)38-34-25-9-6-7-10-32(25)48(43,44)45/h6-7,9-10,13-18H,8,11-12,33H2,1-5H3,(H,40,41,42)(H,43,44,45). The van der Waals surface area contributed by atoms with Gasteiger partial charge in [-0.1, -0.05) is 12.1 Å². The SMILES string of the molecule is Cc1cc(N=Nc2cc(C)c(N=Nc3cc(C)c(N=Nc4ccccc4S(=O)(=O)O)cc3OCCCS(=O)(=O)O)cc2C)c(C)cc1N. The van der Waals surface area contributed by atoms with Gasteiger partial charge in [0.2, 0.25) is 0 Å². The van der Waals surface area contributed by atoms with Crippen molar-refractivity contribution in [1.82, 2.24) is 0 Å². The normalized spacial score (nSPS) is 12.5. The molecule has 0 amide bonds. The van der Waals surface area contributed by atoms with Crippen LogP contribution >= 0.6 is 0 Å². The van der Waals surface area contributed by atoms with Crippen molar-refractivity contribution in [2.45, 2.75) is 45.9 Å². The topological polar surface area (TPSA) is 218 Å². The zero-order chi connectivity index (χ0) is 35.2. The molecule has 0 aromatic heterocycles. The zero-order valence-electron chi connectivity index (χ0n) is 26.9. The second-order valence-electron chi connectivity index (χ2n) is 11.1. The van der Waals surface area contributed by atoms with Gasteiger partial charge < -0.3 is 10.5 Å². The fourth-order valence-corrected chi connectivity index (χ4v) is 5.51. The fraction of sp³-hybridized carbons (Fsp3) is 0.250. The van der Waals surface area contributed by atoms with E-state index in [2.05, 4.69) is 30.7 Å². The average Bonchev–Trinajstić information content (AvgIpc) is 3.00. The molecule has 0 fully saturated rings. The lowest BCUT2D eigenvalue weighted by atomic mass is 10.1. The summed E-state index contributed by atoms with van der Waals surface area (Å²) in [6, 6.07) is 16.1. The van der Waals surface area contributed by atoms with Crippen molar-refractivity contribution >= 4 is 60.0 Å². The highest BCUT2D eigenvalue weighted by molar-refractivity contribution is 7.86. The molecule has 0 aliphatic heterocycles. The van der Waals surface area contributed by atoms with Gasteiger partial charge in [0.15, 0.2) is 0 Å². The monoisotopic (exact) mass is 693 g/mol. The molecule has 252 valence electrons. The van der Waals surface area contributed by atoms with E-state index in [9.17, 15) is 21.4 Å². The number of anilines is 1. The highest BCUT2D eigenvalue weighted by atomic mass is 32.2. The molecule has 0 spiro atoms. The van der Waals surface area contributed by atoms with Crippen LogP contribution in [0.2, 0.25) is 0 Å². The third-order valence-corrected chi connectivity index (χ3v) is 8.83. The predicted octanol–water partition coefficient (Wildman–Crippen LogP) is 8.96. The van der Waals surface area contributed by atoms with Crippen LogP contribution in [0.5, 0.6) is 5.75 Å². The van der Waals surface area contributed by atoms with Gasteiger partial charge in [-0.2, -0.15) is 37.3 Å². The lowest BCUT2D eigenvalue weighted by Crippen LogP contribution is -2.08. The number of aryl methyl sites for hydroxylation is 5. The van der Waals surface area contributed by atoms with Crippen LogP contribution < -0.4 is 10.5 Å². The molecule has 14 nitrogen and oxygen atoms in total. The van der Waals surface area contributed by atoms with Gasteiger partial charge in [0.1, 0.15) is 22.0 Å². The number of hydrogen-bond acceptors (Lipinski definition) is 12. The number of benzene rings is 4. The number of ether oxygens (including phenoxy) is 1. The maximum absolute atomic E-state index is 11.8. The Hall–Kier alpha value is -4.90. The van der Waals surface area contributed by atoms with Gasteiger partial charge in [0.05, 0.1) is 35.1 Å². The molecule has 4 rings (SSSR count). The first-order valence-corrected chi connectivity index (χ1v) is 17.6. The summed E-state index contributed by atoms with van der Waals surface area (Å²) >= 11 is 0. The van der Waals surface area contributed by atoms with Crippen molar-refractivity contribution in [3.63, 3.8) is 0 Å². The van der Waals surface area contributed by atoms with Crippen LogP contribution in [0.15, 0.2) is 96.2 Å². The third-order valence-electron chi connectivity index (χ3n) is 7.12. The van der Waals surface area contributed by atoms with E-state index in [1.807, 2.05) is 52.0 Å². The van der Waals surface area contributed by atoms with Gasteiger partial charge in [-0.15, -0.1) is 10.2 Å². The van der Waals surface area contributed by atoms with Crippen LogP contribution in [0, 0.1) is 34.6 Å². The second-order valence-corrected chi connectivity index (χ2v) is 14.0. The van der Waals surface area contributed by atoms with Crippen molar-refractivity contribution in [2.24, 2.45) is 30.7 Å². The minimum Gasteiger partial charge on any atom is -0.491 e. The Kier molecular flexibility index (Phi) is 11.2. The van der Waals surface area contributed by atoms with Crippen molar-refractivity contribution < 1.29 is 30.7 Å². The van der Waals surface area contributed by atoms with Gasteiger partial charge in [-0.25, -0.2) is 0 Å². The lowest BCUT2D eigenvalue weighted by Gasteiger charge is -2.11. The highest BCUT2D eigenvalue weighted by Crippen LogP contribution is 2.38. The summed E-state index contributed by atoms with van der Waals surface area (Å²) in [5.41, 5.74) is 13.1. The van der Waals surface area contributed by atoms with Crippen LogP contribution in [0.4, 0.5) is 39.8 Å². The summed E-state index contributed by atoms with van der Waals surface area (Å²) in [5, 5.41) is 25.9. The Morgan fingerprint density at radius 3 is 1.58 bits per heavy atom. The first-order chi connectivity index (χ1) is 22.5. The highest BCUT2D eigenvalue weighted by Gasteiger charge is 2.16. The van der Waals surface area contributed by atoms with Gasteiger partial charge >= 0.3 is 0 Å². The number of nitrogens with two attached hydrogens (primary N) is 1. The first-order valence-electron chi connectivity index (χ1n) is 14.5. The Morgan fingerprint density at radius 2 is 1.04 bits per heavy atom. The van der Waals surface area contributed by atoms with E-state index in [0.29, 0.717) is 34.0 Å². The van der Waals surface area contributed by atoms with Crippen LogP contribution in [0.1, 0.15) is 34.2 Å². The molecule has 0 aliphatic rings. The molecule has 48 heavy (non-hydrogen) atoms. The molecule has 4 N–H and O–H groups in total. The molecule has 0 radical (unpaired) electrons. The van der Waals surface area contributed by atoms with Gasteiger partial charge in [-0.3, -0.25) is 9.11 Å². The van der Waals surface area contributed by atoms with Crippen LogP contribution in [0.25, 0.3) is 0 Å². The quantitative estimate of drug-likeness (QED) is 0.0561. The largest absolute Gasteiger partial charge is 0.491 e. The van der Waals surface area contributed by atoms with Crippen molar-refractivity contribution in [3.05, 3.63) is 88.5 Å². The zero-order valence-corrected chi connectivity index (χ0v) is 28.5. The third kappa shape index (κ3) is 9.57. The molecule has 16 heteroatoms. The van der Waals surface area contributed by atoms with Crippen molar-refractivity contribution in [1.29, 1.82) is 0 Å². The first kappa shape index (κ1) is 35.9. The van der Waals surface area contributed by atoms with Crippen molar-refractivity contribution in [3.8, 4) is 5.75 Å². The Labute approximate surface area is 279 Å². The van der Waals surface area contributed by atoms with E-state index >= 15 is 0 Å². The minimum atomic E-state index is -4.54. The number of azo groups is 3. The van der Waals surface area contributed by atoms with Gasteiger partial charge in [-0.05, 0) is 111 Å². The summed E-state index contributed by atoms with van der Waals surface area (Å²) in [6.45, 7) is 9.20.